The summed E-state index contributed by atoms with van der Waals surface area (Å²) < 4.78 is 8.38. The van der Waals surface area contributed by atoms with Crippen LogP contribution in [0.2, 0.25) is 0 Å². The number of anilines is 2. The van der Waals surface area contributed by atoms with E-state index < -0.39 is 11.5 Å². The second-order valence-corrected chi connectivity index (χ2v) is 9.76. The summed E-state index contributed by atoms with van der Waals surface area (Å²) in [6.07, 6.45) is 7.73. The summed E-state index contributed by atoms with van der Waals surface area (Å²) in [6, 6.07) is 8.89. The number of amides is 1. The van der Waals surface area contributed by atoms with E-state index in [1.165, 1.54) is 0 Å². The molecule has 1 aromatic carbocycles. The Morgan fingerprint density at radius 2 is 1.97 bits per heavy atom. The monoisotopic (exact) mass is 466 g/mol. The number of methoxy groups -OCH3 is 1. The molecule has 2 heterocycles. The second-order valence-electron chi connectivity index (χ2n) is 9.76. The Morgan fingerprint density at radius 1 is 1.24 bits per heavy atom. The summed E-state index contributed by atoms with van der Waals surface area (Å²) >= 11 is 0. The number of rotatable bonds is 6. The number of hydrogen-bond acceptors (Lipinski definition) is 6. The molecule has 0 spiro atoms. The molecule has 5 rings (SSSR count). The number of carbonyl (C=O) groups excluding carboxylic acids is 1. The Kier molecular flexibility index (Phi) is 5.59. The molecule has 0 unspecified atom stereocenters. The van der Waals surface area contributed by atoms with Gasteiger partial charge >= 0.3 is 5.82 Å². The Labute approximate surface area is 198 Å². The van der Waals surface area contributed by atoms with E-state index in [4.69, 9.17) is 9.84 Å². The van der Waals surface area contributed by atoms with Gasteiger partial charge in [-0.25, -0.2) is 0 Å². The Hall–Kier alpha value is -3.33. The van der Waals surface area contributed by atoms with E-state index in [0.29, 0.717) is 23.2 Å². The molecule has 0 bridgehead atoms. The number of nitrogens with one attached hydrogen (secondary N) is 1. The van der Waals surface area contributed by atoms with E-state index in [2.05, 4.69) is 5.32 Å². The van der Waals surface area contributed by atoms with Crippen LogP contribution in [0.4, 0.5) is 11.5 Å². The van der Waals surface area contributed by atoms with Crippen molar-refractivity contribution in [2.24, 2.45) is 5.92 Å². The molecular formula is C25H32N5O4+. The summed E-state index contributed by atoms with van der Waals surface area (Å²) in [6.45, 7) is 0. The topological polar surface area (TPSA) is 104 Å². The number of fused-ring (bicyclic) bond motifs is 1. The zero-order valence-corrected chi connectivity index (χ0v) is 19.9. The zero-order chi connectivity index (χ0) is 24.0. The highest BCUT2D eigenvalue weighted by Gasteiger charge is 2.45. The van der Waals surface area contributed by atoms with Crippen LogP contribution in [0.5, 0.6) is 5.75 Å². The van der Waals surface area contributed by atoms with Crippen molar-refractivity contribution in [1.29, 1.82) is 0 Å². The minimum atomic E-state index is -0.489. The summed E-state index contributed by atoms with van der Waals surface area (Å²) in [5, 5.41) is 29.9. The normalized spacial score (nSPS) is 22.5. The van der Waals surface area contributed by atoms with Crippen LogP contribution in [-0.2, 0) is 0 Å². The molecule has 34 heavy (non-hydrogen) atoms. The molecule has 9 heteroatoms. The fraction of sp³-hybridized carbons (Fsp3) is 0.480. The van der Waals surface area contributed by atoms with E-state index in [0.717, 1.165) is 54.2 Å². The fourth-order valence-corrected chi connectivity index (χ4v) is 5.11. The predicted octanol–water partition coefficient (Wildman–Crippen LogP) is 3.14. The highest BCUT2D eigenvalue weighted by atomic mass is 16.5. The van der Waals surface area contributed by atoms with Crippen LogP contribution in [-0.4, -0.2) is 52.8 Å². The average Bonchev–Trinajstić information content (AvgIpc) is 3.60. The van der Waals surface area contributed by atoms with Crippen LogP contribution < -0.4 is 19.7 Å². The summed E-state index contributed by atoms with van der Waals surface area (Å²) in [7, 11) is 5.13. The van der Waals surface area contributed by atoms with Crippen molar-refractivity contribution in [1.82, 2.24) is 9.78 Å². The molecule has 3 aromatic rings. The molecule has 3 N–H and O–H groups in total. The van der Waals surface area contributed by atoms with Crippen LogP contribution in [0.3, 0.4) is 0 Å². The molecule has 0 saturated heterocycles. The second kappa shape index (κ2) is 8.47. The first-order valence-corrected chi connectivity index (χ1v) is 11.8. The number of aliphatic hydroxyl groups is 1. The Balaban J connectivity index is 1.38. The molecule has 180 valence electrons. The smallest absolute Gasteiger partial charge is 0.316 e. The number of carbonyl (C=O) groups is 1. The lowest BCUT2D eigenvalue weighted by molar-refractivity contribution is -0.895. The highest BCUT2D eigenvalue weighted by molar-refractivity contribution is 6.04. The SMILES string of the molecule is COc1cc2nn([C@H]3CC[C@@](O)(C4CC4)CC3)cc2cc1NC(=O)c1cccc(N(C)C)[n+]1O. The number of nitrogens with zero attached hydrogens (tertiary/aromatic N) is 4. The lowest BCUT2D eigenvalue weighted by atomic mass is 9.79. The third-order valence-electron chi connectivity index (χ3n) is 7.26. The van der Waals surface area contributed by atoms with Crippen molar-refractivity contribution in [3.8, 4) is 5.75 Å². The number of aromatic nitrogens is 3. The summed E-state index contributed by atoms with van der Waals surface area (Å²) in [5.74, 6) is 1.00. The van der Waals surface area contributed by atoms with Crippen molar-refractivity contribution >= 4 is 28.3 Å². The molecule has 1 amide bonds. The average molecular weight is 467 g/mol. The van der Waals surface area contributed by atoms with Crippen LogP contribution in [0.25, 0.3) is 10.9 Å². The molecule has 0 aliphatic heterocycles. The van der Waals surface area contributed by atoms with Crippen LogP contribution >= 0.6 is 0 Å². The van der Waals surface area contributed by atoms with Gasteiger partial charge in [0.15, 0.2) is 0 Å². The minimum Gasteiger partial charge on any atom is -0.494 e. The van der Waals surface area contributed by atoms with E-state index in [1.54, 1.807) is 44.3 Å². The molecular weight excluding hydrogens is 434 g/mol. The van der Waals surface area contributed by atoms with E-state index >= 15 is 0 Å². The van der Waals surface area contributed by atoms with Gasteiger partial charge in [-0.15, -0.1) is 0 Å². The number of ether oxygens (including phenoxy) is 1. The van der Waals surface area contributed by atoms with Crippen molar-refractivity contribution in [2.45, 2.75) is 50.2 Å². The number of hydrogen-bond donors (Lipinski definition) is 3. The zero-order valence-electron chi connectivity index (χ0n) is 19.9. The molecule has 2 aromatic heterocycles. The van der Waals surface area contributed by atoms with Crippen molar-refractivity contribution in [2.75, 3.05) is 31.4 Å². The predicted molar refractivity (Wildman–Crippen MR) is 128 cm³/mol. The van der Waals surface area contributed by atoms with Gasteiger partial charge < -0.3 is 20.4 Å². The van der Waals surface area contributed by atoms with Crippen LogP contribution in [0, 0.1) is 5.92 Å². The number of benzene rings is 1. The van der Waals surface area contributed by atoms with Gasteiger partial charge in [-0.1, -0.05) is 0 Å². The maximum atomic E-state index is 13.0. The molecule has 2 aliphatic carbocycles. The first-order valence-electron chi connectivity index (χ1n) is 11.8. The first-order chi connectivity index (χ1) is 16.3. The van der Waals surface area contributed by atoms with Gasteiger partial charge in [-0.05, 0) is 67.4 Å². The van der Waals surface area contributed by atoms with Crippen LogP contribution in [0.15, 0.2) is 36.5 Å². The van der Waals surface area contributed by atoms with E-state index in [-0.39, 0.29) is 11.7 Å². The minimum absolute atomic E-state index is 0.106. The van der Waals surface area contributed by atoms with Gasteiger partial charge in [0.2, 0.25) is 5.69 Å². The summed E-state index contributed by atoms with van der Waals surface area (Å²) in [5.41, 5.74) is 0.901. The fourth-order valence-electron chi connectivity index (χ4n) is 5.11. The van der Waals surface area contributed by atoms with Crippen molar-refractivity contribution in [3.63, 3.8) is 0 Å². The van der Waals surface area contributed by atoms with Gasteiger partial charge in [0.05, 0.1) is 44.1 Å². The molecule has 9 nitrogen and oxygen atoms in total. The third-order valence-corrected chi connectivity index (χ3v) is 7.26. The van der Waals surface area contributed by atoms with Gasteiger partial charge in [-0.2, -0.15) is 5.10 Å². The van der Waals surface area contributed by atoms with Gasteiger partial charge in [0.25, 0.3) is 5.91 Å². The Bertz CT molecular complexity index is 1230. The number of pyridine rings is 1. The molecule has 0 atom stereocenters. The molecule has 2 saturated carbocycles. The Morgan fingerprint density at radius 3 is 2.62 bits per heavy atom. The largest absolute Gasteiger partial charge is 0.494 e. The van der Waals surface area contributed by atoms with Crippen molar-refractivity contribution < 1.29 is 24.6 Å². The highest BCUT2D eigenvalue weighted by Crippen LogP contribution is 2.49. The lowest BCUT2D eigenvalue weighted by Gasteiger charge is -2.36. The molecule has 0 radical (unpaired) electrons. The third kappa shape index (κ3) is 4.04. The first kappa shape index (κ1) is 22.5. The van der Waals surface area contributed by atoms with E-state index in [9.17, 15) is 15.1 Å². The van der Waals surface area contributed by atoms with Gasteiger partial charge in [0, 0.05) is 23.7 Å². The summed E-state index contributed by atoms with van der Waals surface area (Å²) in [4.78, 5) is 14.7. The molecule has 2 aliphatic rings. The standard InChI is InChI=1S/C25H31N5O4/c1-28(2)23-6-4-5-21(30(23)33)24(31)26-20-13-16-15-29(27-19(16)14-22(20)34-3)18-9-11-25(32,12-10-18)17-7-8-17/h4-6,13-15,17-18,32H,7-12H2,1-3H3,(H-,26,31,33)/p+1/t18-,25-. The lowest BCUT2D eigenvalue weighted by Crippen LogP contribution is -2.44. The maximum absolute atomic E-state index is 13.0. The molecule has 2 fully saturated rings. The van der Waals surface area contributed by atoms with Crippen molar-refractivity contribution in [3.05, 3.63) is 42.2 Å². The quantitative estimate of drug-likeness (QED) is 0.381. The van der Waals surface area contributed by atoms with Gasteiger partial charge in [0.1, 0.15) is 5.75 Å². The van der Waals surface area contributed by atoms with Crippen LogP contribution in [0.1, 0.15) is 55.1 Å². The van der Waals surface area contributed by atoms with E-state index in [1.807, 2.05) is 23.0 Å². The maximum Gasteiger partial charge on any atom is 0.316 e. The van der Waals surface area contributed by atoms with Gasteiger partial charge in [-0.3, -0.25) is 14.4 Å².